The fraction of sp³-hybridized carbons (Fsp3) is 0.294. The maximum atomic E-state index is 11.0. The highest BCUT2D eigenvalue weighted by atomic mass is 16.5. The van der Waals surface area contributed by atoms with Gasteiger partial charge in [0.05, 0.1) is 26.4 Å². The summed E-state index contributed by atoms with van der Waals surface area (Å²) in [4.78, 5) is 22.0. The Kier molecular flexibility index (Phi) is 13.1. The molecule has 0 bridgehead atoms. The molecular formula is C34H38O6. The van der Waals surface area contributed by atoms with Gasteiger partial charge in [-0.25, -0.2) is 9.59 Å². The molecule has 3 aromatic rings. The SMILES string of the molecule is C=CC(=O)OCCCOc1ccc(CCc2ccc(CCc3ccc(OCCCOC(=O)C=C)cc3)cc2)cc1. The number of carbonyl (C=O) groups excluding carboxylic acids is 2. The van der Waals surface area contributed by atoms with Gasteiger partial charge in [0.15, 0.2) is 0 Å². The van der Waals surface area contributed by atoms with E-state index in [1.165, 1.54) is 22.3 Å². The first-order valence-electron chi connectivity index (χ1n) is 13.7. The Labute approximate surface area is 237 Å². The van der Waals surface area contributed by atoms with Crippen LogP contribution >= 0.6 is 0 Å². The first-order chi connectivity index (χ1) is 19.6. The summed E-state index contributed by atoms with van der Waals surface area (Å²) < 4.78 is 21.3. The zero-order chi connectivity index (χ0) is 28.4. The van der Waals surface area contributed by atoms with Gasteiger partial charge in [-0.1, -0.05) is 61.7 Å². The normalized spacial score (nSPS) is 10.4. The van der Waals surface area contributed by atoms with Crippen LogP contribution in [0.3, 0.4) is 0 Å². The number of rotatable bonds is 18. The second-order valence-corrected chi connectivity index (χ2v) is 9.25. The van der Waals surface area contributed by atoms with Crippen LogP contribution in [0.1, 0.15) is 35.1 Å². The molecule has 0 unspecified atom stereocenters. The van der Waals surface area contributed by atoms with Crippen molar-refractivity contribution in [2.24, 2.45) is 0 Å². The zero-order valence-electron chi connectivity index (χ0n) is 23.0. The number of hydrogen-bond acceptors (Lipinski definition) is 6. The fourth-order valence-corrected chi connectivity index (χ4v) is 3.92. The van der Waals surface area contributed by atoms with E-state index in [1.54, 1.807) is 0 Å². The lowest BCUT2D eigenvalue weighted by molar-refractivity contribution is -0.138. The highest BCUT2D eigenvalue weighted by Gasteiger charge is 2.02. The molecule has 6 nitrogen and oxygen atoms in total. The van der Waals surface area contributed by atoms with E-state index in [1.807, 2.05) is 24.3 Å². The average Bonchev–Trinajstić information content (AvgIpc) is 3.00. The third-order valence-corrected chi connectivity index (χ3v) is 6.21. The first-order valence-corrected chi connectivity index (χ1v) is 13.7. The van der Waals surface area contributed by atoms with E-state index in [0.29, 0.717) is 39.3 Å². The van der Waals surface area contributed by atoms with Gasteiger partial charge < -0.3 is 18.9 Å². The van der Waals surface area contributed by atoms with Crippen molar-refractivity contribution in [3.8, 4) is 11.5 Å². The molecule has 0 amide bonds. The molecular weight excluding hydrogens is 504 g/mol. The van der Waals surface area contributed by atoms with Crippen molar-refractivity contribution in [2.45, 2.75) is 38.5 Å². The Morgan fingerprint density at radius 1 is 0.500 bits per heavy atom. The van der Waals surface area contributed by atoms with Gasteiger partial charge in [0.2, 0.25) is 0 Å². The van der Waals surface area contributed by atoms with Crippen LogP contribution < -0.4 is 9.47 Å². The molecule has 3 aromatic carbocycles. The highest BCUT2D eigenvalue weighted by Crippen LogP contribution is 2.17. The second kappa shape index (κ2) is 17.3. The Morgan fingerprint density at radius 2 is 0.800 bits per heavy atom. The number of esters is 2. The summed E-state index contributed by atoms with van der Waals surface area (Å²) >= 11 is 0. The summed E-state index contributed by atoms with van der Waals surface area (Å²) in [7, 11) is 0. The molecule has 0 N–H and O–H groups in total. The summed E-state index contributed by atoms with van der Waals surface area (Å²) in [6.07, 6.45) is 7.48. The zero-order valence-corrected chi connectivity index (χ0v) is 23.0. The lowest BCUT2D eigenvalue weighted by Gasteiger charge is -2.09. The van der Waals surface area contributed by atoms with Crippen LogP contribution in [-0.4, -0.2) is 38.4 Å². The molecule has 0 saturated heterocycles. The molecule has 0 aliphatic heterocycles. The molecule has 6 heteroatoms. The van der Waals surface area contributed by atoms with Gasteiger partial charge in [0.1, 0.15) is 11.5 Å². The smallest absolute Gasteiger partial charge is 0.330 e. The monoisotopic (exact) mass is 542 g/mol. The maximum Gasteiger partial charge on any atom is 0.330 e. The van der Waals surface area contributed by atoms with Crippen molar-refractivity contribution in [3.63, 3.8) is 0 Å². The number of hydrogen-bond donors (Lipinski definition) is 0. The van der Waals surface area contributed by atoms with Crippen LogP contribution in [0, 0.1) is 0 Å². The summed E-state index contributed by atoms with van der Waals surface area (Å²) in [5.74, 6) is 0.808. The number of ether oxygens (including phenoxy) is 4. The highest BCUT2D eigenvalue weighted by molar-refractivity contribution is 5.81. The lowest BCUT2D eigenvalue weighted by Crippen LogP contribution is -2.06. The summed E-state index contributed by atoms with van der Waals surface area (Å²) in [5, 5.41) is 0. The standard InChI is InChI=1S/C34H38O6/c1-3-33(35)39-25-5-23-37-31-19-15-29(16-20-31)13-11-27-7-9-28(10-8-27)12-14-30-17-21-32(22-18-30)38-24-6-26-40-34(36)4-2/h3-4,7-10,15-22H,1-2,5-6,11-14,23-26H2. The summed E-state index contributed by atoms with van der Waals surface area (Å²) in [6.45, 7) is 8.37. The molecule has 40 heavy (non-hydrogen) atoms. The predicted molar refractivity (Wildman–Crippen MR) is 157 cm³/mol. The Morgan fingerprint density at radius 3 is 1.10 bits per heavy atom. The minimum absolute atomic E-state index is 0.324. The molecule has 210 valence electrons. The van der Waals surface area contributed by atoms with Gasteiger partial charge >= 0.3 is 11.9 Å². The van der Waals surface area contributed by atoms with Crippen molar-refractivity contribution >= 4 is 11.9 Å². The third kappa shape index (κ3) is 11.6. The molecule has 0 aliphatic rings. The van der Waals surface area contributed by atoms with Gasteiger partial charge in [-0.2, -0.15) is 0 Å². The fourth-order valence-electron chi connectivity index (χ4n) is 3.92. The van der Waals surface area contributed by atoms with Crippen LogP contribution in [0.2, 0.25) is 0 Å². The van der Waals surface area contributed by atoms with E-state index in [9.17, 15) is 9.59 Å². The minimum atomic E-state index is -0.410. The number of aryl methyl sites for hydroxylation is 4. The van der Waals surface area contributed by atoms with Crippen LogP contribution in [-0.2, 0) is 44.7 Å². The van der Waals surface area contributed by atoms with E-state index in [0.717, 1.165) is 49.3 Å². The van der Waals surface area contributed by atoms with E-state index >= 15 is 0 Å². The molecule has 0 spiro atoms. The van der Waals surface area contributed by atoms with Crippen molar-refractivity contribution in [1.82, 2.24) is 0 Å². The molecule has 0 saturated carbocycles. The van der Waals surface area contributed by atoms with Crippen molar-refractivity contribution in [1.29, 1.82) is 0 Å². The molecule has 3 rings (SSSR count). The molecule has 0 radical (unpaired) electrons. The van der Waals surface area contributed by atoms with Crippen molar-refractivity contribution in [2.75, 3.05) is 26.4 Å². The largest absolute Gasteiger partial charge is 0.493 e. The van der Waals surface area contributed by atoms with Gasteiger partial charge in [-0.3, -0.25) is 0 Å². The van der Waals surface area contributed by atoms with Crippen molar-refractivity contribution in [3.05, 3.63) is 120 Å². The predicted octanol–water partition coefficient (Wildman–Crippen LogP) is 6.25. The minimum Gasteiger partial charge on any atom is -0.493 e. The van der Waals surface area contributed by atoms with E-state index < -0.39 is 11.9 Å². The topological polar surface area (TPSA) is 71.1 Å². The van der Waals surface area contributed by atoms with Crippen LogP contribution in [0.15, 0.2) is 98.1 Å². The maximum absolute atomic E-state index is 11.0. The molecule has 0 aliphatic carbocycles. The van der Waals surface area contributed by atoms with E-state index in [2.05, 4.69) is 61.7 Å². The van der Waals surface area contributed by atoms with Gasteiger partial charge in [-0.15, -0.1) is 0 Å². The van der Waals surface area contributed by atoms with Gasteiger partial charge in [0.25, 0.3) is 0 Å². The first kappa shape index (κ1) is 30.2. The average molecular weight is 543 g/mol. The summed E-state index contributed by atoms with van der Waals surface area (Å²) in [6, 6.07) is 25.2. The van der Waals surface area contributed by atoms with Gasteiger partial charge in [-0.05, 0) is 72.2 Å². The number of carbonyl (C=O) groups is 2. The van der Waals surface area contributed by atoms with Crippen LogP contribution in [0.4, 0.5) is 0 Å². The van der Waals surface area contributed by atoms with Crippen molar-refractivity contribution < 1.29 is 28.5 Å². The van der Waals surface area contributed by atoms with E-state index in [4.69, 9.17) is 18.9 Å². The third-order valence-electron chi connectivity index (χ3n) is 6.21. The Hall–Kier alpha value is -4.32. The molecule has 0 atom stereocenters. The van der Waals surface area contributed by atoms with Crippen LogP contribution in [0.25, 0.3) is 0 Å². The molecule has 0 aromatic heterocycles. The molecule has 0 fully saturated rings. The second-order valence-electron chi connectivity index (χ2n) is 9.25. The molecule has 0 heterocycles. The lowest BCUT2D eigenvalue weighted by atomic mass is 10.0. The Bertz CT molecular complexity index is 1100. The quantitative estimate of drug-likeness (QED) is 0.107. The van der Waals surface area contributed by atoms with Crippen LogP contribution in [0.5, 0.6) is 11.5 Å². The summed E-state index contributed by atoms with van der Waals surface area (Å²) in [5.41, 5.74) is 5.16. The number of benzene rings is 3. The Balaban J connectivity index is 1.31. The van der Waals surface area contributed by atoms with Gasteiger partial charge in [0, 0.05) is 25.0 Å². The van der Waals surface area contributed by atoms with E-state index in [-0.39, 0.29) is 0 Å².